The van der Waals surface area contributed by atoms with Crippen molar-refractivity contribution in [2.45, 2.75) is 19.3 Å². The first kappa shape index (κ1) is 18.2. The van der Waals surface area contributed by atoms with Crippen molar-refractivity contribution in [1.82, 2.24) is 0 Å². The Labute approximate surface area is 146 Å². The number of benzene rings is 2. The third-order valence-electron chi connectivity index (χ3n) is 4.45. The van der Waals surface area contributed by atoms with Gasteiger partial charge in [0.2, 0.25) is 0 Å². The number of aromatic carboxylic acids is 2. The van der Waals surface area contributed by atoms with Crippen LogP contribution >= 0.6 is 0 Å². The molecule has 0 fully saturated rings. The van der Waals surface area contributed by atoms with Gasteiger partial charge in [-0.15, -0.1) is 0 Å². The van der Waals surface area contributed by atoms with Gasteiger partial charge in [0.1, 0.15) is 0 Å². The van der Waals surface area contributed by atoms with E-state index in [0.717, 1.165) is 11.1 Å². The summed E-state index contributed by atoms with van der Waals surface area (Å²) in [6, 6.07) is 10.3. The summed E-state index contributed by atoms with van der Waals surface area (Å²) in [5, 5.41) is 18.8. The van der Waals surface area contributed by atoms with Gasteiger partial charge in [-0.3, -0.25) is 0 Å². The Kier molecular flexibility index (Phi) is 4.93. The van der Waals surface area contributed by atoms with E-state index in [1.54, 1.807) is 24.3 Å². The molecule has 2 rings (SSSR count). The van der Waals surface area contributed by atoms with Crippen molar-refractivity contribution < 1.29 is 19.8 Å². The van der Waals surface area contributed by atoms with Crippen LogP contribution in [0.15, 0.2) is 49.6 Å². The summed E-state index contributed by atoms with van der Waals surface area (Å²) in [6.07, 6.45) is 3.00. The Bertz CT molecular complexity index is 804. The van der Waals surface area contributed by atoms with E-state index in [1.165, 1.54) is 12.2 Å². The molecule has 0 saturated carbocycles. The van der Waals surface area contributed by atoms with Gasteiger partial charge in [0, 0.05) is 5.41 Å². The molecule has 4 nitrogen and oxygen atoms in total. The zero-order valence-corrected chi connectivity index (χ0v) is 14.2. The fourth-order valence-corrected chi connectivity index (χ4v) is 2.78. The first-order valence-electron chi connectivity index (χ1n) is 7.73. The number of hydrogen-bond donors (Lipinski definition) is 2. The van der Waals surface area contributed by atoms with Crippen LogP contribution in [0.25, 0.3) is 12.2 Å². The number of carbonyl (C=O) groups is 2. The predicted octanol–water partition coefficient (Wildman–Crippen LogP) is 4.69. The van der Waals surface area contributed by atoms with Crippen LogP contribution in [0, 0.1) is 0 Å². The molecule has 0 aliphatic heterocycles. The Hall–Kier alpha value is -3.14. The lowest BCUT2D eigenvalue weighted by Crippen LogP contribution is -2.20. The molecule has 0 heterocycles. The van der Waals surface area contributed by atoms with E-state index in [-0.39, 0.29) is 11.1 Å². The van der Waals surface area contributed by atoms with Crippen LogP contribution in [-0.2, 0) is 5.41 Å². The minimum absolute atomic E-state index is 0.168. The van der Waals surface area contributed by atoms with Crippen molar-refractivity contribution in [3.8, 4) is 0 Å². The van der Waals surface area contributed by atoms with Crippen LogP contribution in [0.4, 0.5) is 0 Å². The molecule has 0 atom stereocenters. The van der Waals surface area contributed by atoms with Crippen molar-refractivity contribution in [1.29, 1.82) is 0 Å². The average Bonchev–Trinajstić information content (AvgIpc) is 2.60. The van der Waals surface area contributed by atoms with E-state index in [0.29, 0.717) is 11.1 Å². The molecule has 0 aromatic heterocycles. The van der Waals surface area contributed by atoms with E-state index < -0.39 is 17.4 Å². The smallest absolute Gasteiger partial charge is 0.336 e. The Morgan fingerprint density at radius 1 is 0.840 bits per heavy atom. The van der Waals surface area contributed by atoms with Crippen molar-refractivity contribution >= 4 is 24.1 Å². The highest BCUT2D eigenvalue weighted by atomic mass is 16.4. The van der Waals surface area contributed by atoms with E-state index in [4.69, 9.17) is 0 Å². The van der Waals surface area contributed by atoms with Crippen molar-refractivity contribution in [2.24, 2.45) is 0 Å². The van der Waals surface area contributed by atoms with Crippen LogP contribution in [0.1, 0.15) is 56.8 Å². The maximum atomic E-state index is 11.5. The molecule has 2 N–H and O–H groups in total. The molecule has 2 aromatic rings. The minimum Gasteiger partial charge on any atom is -0.478 e. The van der Waals surface area contributed by atoms with Gasteiger partial charge in [0.15, 0.2) is 0 Å². The molecule has 0 spiro atoms. The fourth-order valence-electron chi connectivity index (χ4n) is 2.78. The van der Waals surface area contributed by atoms with Crippen LogP contribution in [0.2, 0.25) is 0 Å². The van der Waals surface area contributed by atoms with Gasteiger partial charge in [-0.05, 0) is 34.4 Å². The van der Waals surface area contributed by atoms with E-state index in [1.807, 2.05) is 26.0 Å². The SMILES string of the molecule is C=Cc1ccc(C(C)(C)c2ccc(C=C)c(C(=O)O)c2)cc1C(=O)O. The third kappa shape index (κ3) is 3.38. The van der Waals surface area contributed by atoms with Crippen LogP contribution in [-0.4, -0.2) is 22.2 Å². The Morgan fingerprint density at radius 3 is 1.48 bits per heavy atom. The molecule has 0 aliphatic carbocycles. The number of hydrogen-bond acceptors (Lipinski definition) is 2. The molecule has 25 heavy (non-hydrogen) atoms. The van der Waals surface area contributed by atoms with Crippen molar-refractivity contribution in [2.75, 3.05) is 0 Å². The van der Waals surface area contributed by atoms with Crippen LogP contribution in [0.5, 0.6) is 0 Å². The second kappa shape index (κ2) is 6.77. The van der Waals surface area contributed by atoms with Crippen molar-refractivity contribution in [3.63, 3.8) is 0 Å². The normalized spacial score (nSPS) is 11.0. The third-order valence-corrected chi connectivity index (χ3v) is 4.45. The highest BCUT2D eigenvalue weighted by Gasteiger charge is 2.26. The summed E-state index contributed by atoms with van der Waals surface area (Å²) >= 11 is 0. The number of rotatable bonds is 6. The predicted molar refractivity (Wildman–Crippen MR) is 99.1 cm³/mol. The van der Waals surface area contributed by atoms with Gasteiger partial charge >= 0.3 is 11.9 Å². The summed E-state index contributed by atoms with van der Waals surface area (Å²) in [6.45, 7) is 11.1. The molecule has 0 unspecified atom stereocenters. The second-order valence-corrected chi connectivity index (χ2v) is 6.25. The maximum Gasteiger partial charge on any atom is 0.336 e. The van der Waals surface area contributed by atoms with E-state index >= 15 is 0 Å². The zero-order chi connectivity index (χ0) is 18.8. The van der Waals surface area contributed by atoms with Gasteiger partial charge in [-0.2, -0.15) is 0 Å². The zero-order valence-electron chi connectivity index (χ0n) is 14.2. The summed E-state index contributed by atoms with van der Waals surface area (Å²) in [5.74, 6) is -2.05. The quantitative estimate of drug-likeness (QED) is 0.802. The first-order valence-corrected chi connectivity index (χ1v) is 7.73. The monoisotopic (exact) mass is 336 g/mol. The lowest BCUT2D eigenvalue weighted by molar-refractivity contribution is 0.0686. The lowest BCUT2D eigenvalue weighted by Gasteiger charge is -2.27. The topological polar surface area (TPSA) is 74.6 Å². The fraction of sp³-hybridized carbons (Fsp3) is 0.143. The maximum absolute atomic E-state index is 11.5. The summed E-state index contributed by atoms with van der Waals surface area (Å²) in [7, 11) is 0. The Balaban J connectivity index is 2.62. The number of carboxylic acid groups (broad SMARTS) is 2. The molecular formula is C21H20O4. The van der Waals surface area contributed by atoms with Gasteiger partial charge in [-0.25, -0.2) is 9.59 Å². The molecule has 4 heteroatoms. The van der Waals surface area contributed by atoms with Crippen LogP contribution < -0.4 is 0 Å². The summed E-state index contributed by atoms with van der Waals surface area (Å²) in [5.41, 5.74) is 2.40. The molecule has 0 radical (unpaired) electrons. The summed E-state index contributed by atoms with van der Waals surface area (Å²) < 4.78 is 0. The Morgan fingerprint density at radius 2 is 1.20 bits per heavy atom. The molecule has 128 valence electrons. The minimum atomic E-state index is -1.03. The van der Waals surface area contributed by atoms with Gasteiger partial charge in [-0.1, -0.05) is 63.4 Å². The lowest BCUT2D eigenvalue weighted by atomic mass is 9.76. The molecule has 0 aliphatic rings. The van der Waals surface area contributed by atoms with Gasteiger partial charge in [0.05, 0.1) is 11.1 Å². The summed E-state index contributed by atoms with van der Waals surface area (Å²) in [4.78, 5) is 23.0. The first-order chi connectivity index (χ1) is 11.7. The van der Waals surface area contributed by atoms with E-state index in [2.05, 4.69) is 13.2 Å². The average molecular weight is 336 g/mol. The molecule has 0 saturated heterocycles. The highest BCUT2D eigenvalue weighted by molar-refractivity contribution is 5.93. The molecular weight excluding hydrogens is 316 g/mol. The van der Waals surface area contributed by atoms with Gasteiger partial charge < -0.3 is 10.2 Å². The molecule has 2 aromatic carbocycles. The standard InChI is InChI=1S/C21H20O4/c1-5-13-7-9-15(11-17(13)19(22)23)21(3,4)16-10-8-14(6-2)18(12-16)20(24)25/h5-12H,1-2H2,3-4H3,(H,22,23)(H,24,25). The van der Waals surface area contributed by atoms with Crippen molar-refractivity contribution in [3.05, 3.63) is 82.9 Å². The largest absolute Gasteiger partial charge is 0.478 e. The van der Waals surface area contributed by atoms with Crippen LogP contribution in [0.3, 0.4) is 0 Å². The van der Waals surface area contributed by atoms with E-state index in [9.17, 15) is 19.8 Å². The second-order valence-electron chi connectivity index (χ2n) is 6.25. The highest BCUT2D eigenvalue weighted by Crippen LogP contribution is 2.34. The van der Waals surface area contributed by atoms with Gasteiger partial charge in [0.25, 0.3) is 0 Å². The molecule has 0 bridgehead atoms. The molecule has 0 amide bonds. The number of carboxylic acids is 2.